The van der Waals surface area contributed by atoms with E-state index < -0.39 is 30.0 Å². The van der Waals surface area contributed by atoms with Crippen LogP contribution in [0, 0.1) is 5.82 Å². The van der Waals surface area contributed by atoms with Crippen LogP contribution in [0.2, 0.25) is 0 Å². The number of benzene rings is 1. The second-order valence-corrected chi connectivity index (χ2v) is 4.33. The summed E-state index contributed by atoms with van der Waals surface area (Å²) in [5.41, 5.74) is 0.358. The van der Waals surface area contributed by atoms with Crippen molar-refractivity contribution in [1.82, 2.24) is 4.90 Å². The van der Waals surface area contributed by atoms with Crippen LogP contribution in [0.25, 0.3) is 0 Å². The zero-order valence-electron chi connectivity index (χ0n) is 9.91. The highest BCUT2D eigenvalue weighted by atomic mass is 19.1. The van der Waals surface area contributed by atoms with Gasteiger partial charge in [-0.3, -0.25) is 0 Å². The quantitative estimate of drug-likeness (QED) is 0.742. The van der Waals surface area contributed by atoms with E-state index in [0.717, 1.165) is 4.90 Å². The summed E-state index contributed by atoms with van der Waals surface area (Å²) in [4.78, 5) is 23.9. The number of amides is 2. The molecule has 1 fully saturated rings. The minimum absolute atomic E-state index is 0.00612. The molecule has 0 aliphatic carbocycles. The number of β-amino-alcohol motifs (C(OH)–C–C–N with tert-alkyl or cyclic N) is 1. The molecule has 1 aliphatic rings. The van der Waals surface area contributed by atoms with Gasteiger partial charge in [0.15, 0.2) is 0 Å². The van der Waals surface area contributed by atoms with Crippen LogP contribution >= 0.6 is 0 Å². The van der Waals surface area contributed by atoms with Crippen molar-refractivity contribution in [2.45, 2.75) is 18.6 Å². The standard InChI is InChI=1S/C12H13FN2O4/c13-7-1-3-8(4-2-7)14-12(19)15-6-9(16)5-10(15)11(17)18/h1-4,9-10,16H,5-6H2,(H,14,19)(H,17,18)/t9?,10-/m0/s1. The zero-order valence-corrected chi connectivity index (χ0v) is 9.91. The van der Waals surface area contributed by atoms with Gasteiger partial charge in [0.2, 0.25) is 0 Å². The third-order valence-corrected chi connectivity index (χ3v) is 2.92. The Hall–Kier alpha value is -2.15. The summed E-state index contributed by atoms with van der Waals surface area (Å²) in [6, 6.07) is 3.43. The lowest BCUT2D eigenvalue weighted by molar-refractivity contribution is -0.141. The number of urea groups is 1. The van der Waals surface area contributed by atoms with Gasteiger partial charge >= 0.3 is 12.0 Å². The molecule has 1 heterocycles. The first-order valence-corrected chi connectivity index (χ1v) is 5.71. The van der Waals surface area contributed by atoms with E-state index >= 15 is 0 Å². The Bertz CT molecular complexity index is 491. The fourth-order valence-corrected chi connectivity index (χ4v) is 2.00. The number of carboxylic acid groups (broad SMARTS) is 1. The fourth-order valence-electron chi connectivity index (χ4n) is 2.00. The highest BCUT2D eigenvalue weighted by Gasteiger charge is 2.38. The van der Waals surface area contributed by atoms with Crippen LogP contribution in [0.4, 0.5) is 14.9 Å². The summed E-state index contributed by atoms with van der Waals surface area (Å²) < 4.78 is 12.7. The van der Waals surface area contributed by atoms with E-state index in [1.807, 2.05) is 0 Å². The van der Waals surface area contributed by atoms with Crippen LogP contribution < -0.4 is 5.32 Å². The van der Waals surface area contributed by atoms with Gasteiger partial charge in [0.05, 0.1) is 6.10 Å². The first kappa shape index (κ1) is 13.3. The Morgan fingerprint density at radius 2 is 1.95 bits per heavy atom. The summed E-state index contributed by atoms with van der Waals surface area (Å²) in [5, 5.41) is 20.9. The van der Waals surface area contributed by atoms with Crippen LogP contribution in [0.1, 0.15) is 6.42 Å². The number of nitrogens with zero attached hydrogens (tertiary/aromatic N) is 1. The van der Waals surface area contributed by atoms with Crippen molar-refractivity contribution in [3.05, 3.63) is 30.1 Å². The number of aliphatic carboxylic acids is 1. The highest BCUT2D eigenvalue weighted by molar-refractivity contribution is 5.92. The first-order chi connectivity index (χ1) is 8.97. The van der Waals surface area contributed by atoms with Gasteiger partial charge in [-0.05, 0) is 24.3 Å². The average Bonchev–Trinajstić information content (AvgIpc) is 2.74. The molecule has 2 amide bonds. The maximum Gasteiger partial charge on any atom is 0.326 e. The van der Waals surface area contributed by atoms with Crippen molar-refractivity contribution in [3.8, 4) is 0 Å². The molecule has 3 N–H and O–H groups in total. The number of anilines is 1. The van der Waals surface area contributed by atoms with Crippen molar-refractivity contribution in [1.29, 1.82) is 0 Å². The average molecular weight is 268 g/mol. The van der Waals surface area contributed by atoms with Gasteiger partial charge in [0, 0.05) is 18.7 Å². The smallest absolute Gasteiger partial charge is 0.326 e. The molecule has 2 rings (SSSR count). The molecule has 0 aromatic heterocycles. The molecular formula is C12H13FN2O4. The molecule has 7 heteroatoms. The molecule has 0 bridgehead atoms. The predicted molar refractivity (Wildman–Crippen MR) is 64.2 cm³/mol. The van der Waals surface area contributed by atoms with Crippen molar-refractivity contribution >= 4 is 17.7 Å². The maximum absolute atomic E-state index is 12.7. The van der Waals surface area contributed by atoms with Gasteiger partial charge < -0.3 is 20.4 Å². The Morgan fingerprint density at radius 3 is 2.53 bits per heavy atom. The second-order valence-electron chi connectivity index (χ2n) is 4.33. The summed E-state index contributed by atoms with van der Waals surface area (Å²) in [7, 11) is 0. The van der Waals surface area contributed by atoms with Crippen LogP contribution in [-0.4, -0.2) is 45.8 Å². The summed E-state index contributed by atoms with van der Waals surface area (Å²) >= 11 is 0. The third kappa shape index (κ3) is 3.00. The number of hydrogen-bond donors (Lipinski definition) is 3. The molecule has 0 saturated carbocycles. The topological polar surface area (TPSA) is 89.9 Å². The van der Waals surface area contributed by atoms with Gasteiger partial charge in [-0.2, -0.15) is 0 Å². The zero-order chi connectivity index (χ0) is 14.0. The molecule has 0 spiro atoms. The number of halogens is 1. The van der Waals surface area contributed by atoms with Crippen molar-refractivity contribution in [2.75, 3.05) is 11.9 Å². The Balaban J connectivity index is 2.06. The van der Waals surface area contributed by atoms with E-state index in [-0.39, 0.29) is 13.0 Å². The molecule has 6 nitrogen and oxygen atoms in total. The molecule has 0 radical (unpaired) electrons. The molecule has 1 aromatic carbocycles. The minimum atomic E-state index is -1.16. The van der Waals surface area contributed by atoms with E-state index in [4.69, 9.17) is 5.11 Å². The lowest BCUT2D eigenvalue weighted by Gasteiger charge is -2.21. The van der Waals surface area contributed by atoms with E-state index in [9.17, 15) is 19.1 Å². The monoisotopic (exact) mass is 268 g/mol. The third-order valence-electron chi connectivity index (χ3n) is 2.92. The minimum Gasteiger partial charge on any atom is -0.480 e. The van der Waals surface area contributed by atoms with Crippen LogP contribution in [-0.2, 0) is 4.79 Å². The summed E-state index contributed by atoms with van der Waals surface area (Å²) in [6.45, 7) is -0.0377. The van der Waals surface area contributed by atoms with Gasteiger partial charge in [0.1, 0.15) is 11.9 Å². The molecule has 19 heavy (non-hydrogen) atoms. The van der Waals surface area contributed by atoms with Gasteiger partial charge in [-0.1, -0.05) is 0 Å². The van der Waals surface area contributed by atoms with E-state index in [0.29, 0.717) is 5.69 Å². The molecule has 1 aromatic rings. The Labute approximate surface area is 108 Å². The van der Waals surface area contributed by atoms with Crippen LogP contribution in [0.3, 0.4) is 0 Å². The Kier molecular flexibility index (Phi) is 3.66. The number of carboxylic acids is 1. The summed E-state index contributed by atoms with van der Waals surface area (Å²) in [5.74, 6) is -1.59. The first-order valence-electron chi connectivity index (χ1n) is 5.71. The van der Waals surface area contributed by atoms with Crippen LogP contribution in [0.5, 0.6) is 0 Å². The predicted octanol–water partition coefficient (Wildman–Crippen LogP) is 0.877. The Morgan fingerprint density at radius 1 is 1.32 bits per heavy atom. The number of carbonyl (C=O) groups excluding carboxylic acids is 1. The number of carbonyl (C=O) groups is 2. The van der Waals surface area contributed by atoms with E-state index in [1.165, 1.54) is 24.3 Å². The van der Waals surface area contributed by atoms with Crippen LogP contribution in [0.15, 0.2) is 24.3 Å². The van der Waals surface area contributed by atoms with E-state index in [2.05, 4.69) is 5.32 Å². The van der Waals surface area contributed by atoms with Gasteiger partial charge in [-0.25, -0.2) is 14.0 Å². The largest absolute Gasteiger partial charge is 0.480 e. The fraction of sp³-hybridized carbons (Fsp3) is 0.333. The van der Waals surface area contributed by atoms with Crippen molar-refractivity contribution < 1.29 is 24.2 Å². The highest BCUT2D eigenvalue weighted by Crippen LogP contribution is 2.19. The normalized spacial score (nSPS) is 22.3. The van der Waals surface area contributed by atoms with Crippen molar-refractivity contribution in [2.24, 2.45) is 0 Å². The second kappa shape index (κ2) is 5.23. The molecule has 1 saturated heterocycles. The lowest BCUT2D eigenvalue weighted by Crippen LogP contribution is -2.43. The number of nitrogens with one attached hydrogen (secondary N) is 1. The number of likely N-dealkylation sites (tertiary alicyclic amines) is 1. The van der Waals surface area contributed by atoms with E-state index in [1.54, 1.807) is 0 Å². The number of rotatable bonds is 2. The maximum atomic E-state index is 12.7. The SMILES string of the molecule is O=C(O)[C@@H]1CC(O)CN1C(=O)Nc1ccc(F)cc1. The van der Waals surface area contributed by atoms with Gasteiger partial charge in [0.25, 0.3) is 0 Å². The molecule has 2 atom stereocenters. The molecule has 1 aliphatic heterocycles. The lowest BCUT2D eigenvalue weighted by atomic mass is 10.2. The molecule has 102 valence electrons. The number of hydrogen-bond acceptors (Lipinski definition) is 3. The molecular weight excluding hydrogens is 255 g/mol. The van der Waals surface area contributed by atoms with Gasteiger partial charge in [-0.15, -0.1) is 0 Å². The molecule has 1 unspecified atom stereocenters. The van der Waals surface area contributed by atoms with Crippen molar-refractivity contribution in [3.63, 3.8) is 0 Å². The number of aliphatic hydroxyl groups excluding tert-OH is 1. The summed E-state index contributed by atoms with van der Waals surface area (Å²) in [6.07, 6.45) is -0.841. The number of aliphatic hydroxyl groups is 1.